The van der Waals surface area contributed by atoms with E-state index in [2.05, 4.69) is 17.2 Å². The van der Waals surface area contributed by atoms with Crippen molar-refractivity contribution in [2.24, 2.45) is 5.92 Å². The number of hydrogen-bond donors (Lipinski definition) is 1. The summed E-state index contributed by atoms with van der Waals surface area (Å²) < 4.78 is 14.8. The van der Waals surface area contributed by atoms with Crippen LogP contribution in [0.25, 0.3) is 11.1 Å². The molecule has 1 amide bonds. The quantitative estimate of drug-likeness (QED) is 0.892. The van der Waals surface area contributed by atoms with Gasteiger partial charge in [0.25, 0.3) is 5.91 Å². The van der Waals surface area contributed by atoms with Crippen molar-refractivity contribution in [3.8, 4) is 11.1 Å². The Bertz CT molecular complexity index is 804. The molecule has 0 radical (unpaired) electrons. The van der Waals surface area contributed by atoms with Gasteiger partial charge in [-0.25, -0.2) is 4.39 Å². The lowest BCUT2D eigenvalue weighted by atomic mass is 9.90. The van der Waals surface area contributed by atoms with Crippen LogP contribution in [0.15, 0.2) is 42.7 Å². The van der Waals surface area contributed by atoms with Gasteiger partial charge >= 0.3 is 0 Å². The molecule has 0 saturated carbocycles. The number of rotatable bonds is 4. The lowest BCUT2D eigenvalue weighted by Crippen LogP contribution is -2.45. The molecule has 0 bridgehead atoms. The molecular weight excluding hydrogens is 341 g/mol. The van der Waals surface area contributed by atoms with Gasteiger partial charge in [-0.15, -0.1) is 0 Å². The number of pyridine rings is 1. The van der Waals surface area contributed by atoms with Gasteiger partial charge in [-0.2, -0.15) is 0 Å². The highest BCUT2D eigenvalue weighted by atomic mass is 19.1. The molecule has 0 aliphatic carbocycles. The normalized spacial score (nSPS) is 23.6. The lowest BCUT2D eigenvalue weighted by molar-refractivity contribution is 0.0672. The van der Waals surface area contributed by atoms with Crippen LogP contribution >= 0.6 is 0 Å². The standard InChI is InChI=1S/C22H26FN3O/c1-15(20-6-3-11-25-20)21-7-4-12-26(21)22(27)18-9-8-16(13-19(18)23)17-5-2-10-24-14-17/h2,5,8-10,13-15,20-21,25H,3-4,6-7,11-12H2,1H3/t15?,20-,21?/m0/s1. The molecule has 2 unspecified atom stereocenters. The molecule has 3 atom stereocenters. The van der Waals surface area contributed by atoms with Crippen LogP contribution in [-0.2, 0) is 0 Å². The van der Waals surface area contributed by atoms with Gasteiger partial charge in [0.1, 0.15) is 5.82 Å². The molecule has 2 fully saturated rings. The van der Waals surface area contributed by atoms with E-state index in [1.165, 1.54) is 12.5 Å². The van der Waals surface area contributed by atoms with E-state index in [-0.39, 0.29) is 17.5 Å². The molecule has 4 nitrogen and oxygen atoms in total. The van der Waals surface area contributed by atoms with Crippen molar-refractivity contribution >= 4 is 5.91 Å². The highest BCUT2D eigenvalue weighted by Crippen LogP contribution is 2.31. The number of carbonyl (C=O) groups excluding carboxylic acids is 1. The van der Waals surface area contributed by atoms with Crippen molar-refractivity contribution < 1.29 is 9.18 Å². The van der Waals surface area contributed by atoms with Crippen LogP contribution in [0.5, 0.6) is 0 Å². The fourth-order valence-corrected chi connectivity index (χ4v) is 4.58. The van der Waals surface area contributed by atoms with E-state index in [1.54, 1.807) is 24.5 Å². The summed E-state index contributed by atoms with van der Waals surface area (Å²) in [6.07, 6.45) is 7.73. The first-order chi connectivity index (χ1) is 13.1. The zero-order chi connectivity index (χ0) is 18.8. The third-order valence-electron chi connectivity index (χ3n) is 6.09. The average Bonchev–Trinajstić information content (AvgIpc) is 3.39. The van der Waals surface area contributed by atoms with Crippen molar-refractivity contribution in [3.63, 3.8) is 0 Å². The first kappa shape index (κ1) is 18.1. The Morgan fingerprint density at radius 1 is 1.26 bits per heavy atom. The Morgan fingerprint density at radius 3 is 2.85 bits per heavy atom. The third kappa shape index (κ3) is 3.61. The molecule has 2 aliphatic rings. The first-order valence-electron chi connectivity index (χ1n) is 9.89. The Hall–Kier alpha value is -2.27. The summed E-state index contributed by atoms with van der Waals surface area (Å²) in [6.45, 7) is 3.99. The summed E-state index contributed by atoms with van der Waals surface area (Å²) in [7, 11) is 0. The molecule has 2 aliphatic heterocycles. The molecule has 27 heavy (non-hydrogen) atoms. The minimum absolute atomic E-state index is 0.168. The van der Waals surface area contributed by atoms with E-state index in [1.807, 2.05) is 17.0 Å². The Kier molecular flexibility index (Phi) is 5.21. The van der Waals surface area contributed by atoms with Gasteiger partial charge in [0.15, 0.2) is 0 Å². The minimum Gasteiger partial charge on any atom is -0.335 e. The van der Waals surface area contributed by atoms with Crippen LogP contribution in [0.1, 0.15) is 43.0 Å². The second-order valence-electron chi connectivity index (χ2n) is 7.71. The largest absolute Gasteiger partial charge is 0.335 e. The summed E-state index contributed by atoms with van der Waals surface area (Å²) in [6, 6.07) is 9.22. The number of benzene rings is 1. The Morgan fingerprint density at radius 2 is 2.15 bits per heavy atom. The third-order valence-corrected chi connectivity index (χ3v) is 6.09. The second kappa shape index (κ2) is 7.77. The lowest BCUT2D eigenvalue weighted by Gasteiger charge is -2.33. The van der Waals surface area contributed by atoms with Gasteiger partial charge in [-0.3, -0.25) is 9.78 Å². The first-order valence-corrected chi connectivity index (χ1v) is 9.89. The van der Waals surface area contributed by atoms with Crippen LogP contribution in [0.3, 0.4) is 0 Å². The molecule has 1 aromatic heterocycles. The maximum Gasteiger partial charge on any atom is 0.257 e. The van der Waals surface area contributed by atoms with Crippen molar-refractivity contribution in [2.75, 3.05) is 13.1 Å². The molecule has 1 aromatic carbocycles. The molecule has 5 heteroatoms. The maximum atomic E-state index is 14.8. The van der Waals surface area contributed by atoms with E-state index in [0.29, 0.717) is 18.5 Å². The van der Waals surface area contributed by atoms with E-state index in [4.69, 9.17) is 0 Å². The van der Waals surface area contributed by atoms with Gasteiger partial charge in [0.2, 0.25) is 0 Å². The number of halogens is 1. The Balaban J connectivity index is 1.54. The number of amides is 1. The van der Waals surface area contributed by atoms with Crippen LogP contribution in [0, 0.1) is 11.7 Å². The smallest absolute Gasteiger partial charge is 0.257 e. The number of nitrogens with zero attached hydrogens (tertiary/aromatic N) is 2. The van der Waals surface area contributed by atoms with Crippen LogP contribution in [0.2, 0.25) is 0 Å². The molecule has 0 spiro atoms. The fourth-order valence-electron chi connectivity index (χ4n) is 4.58. The van der Waals surface area contributed by atoms with Crippen molar-refractivity contribution in [3.05, 3.63) is 54.1 Å². The summed E-state index contributed by atoms with van der Waals surface area (Å²) in [4.78, 5) is 19.1. The number of aromatic nitrogens is 1. The van der Waals surface area contributed by atoms with E-state index >= 15 is 0 Å². The van der Waals surface area contributed by atoms with E-state index in [0.717, 1.165) is 36.9 Å². The zero-order valence-electron chi connectivity index (χ0n) is 15.7. The van der Waals surface area contributed by atoms with Gasteiger partial charge in [-0.1, -0.05) is 19.1 Å². The average molecular weight is 367 g/mol. The van der Waals surface area contributed by atoms with Crippen molar-refractivity contribution in [1.29, 1.82) is 0 Å². The van der Waals surface area contributed by atoms with E-state index < -0.39 is 5.82 Å². The van der Waals surface area contributed by atoms with Gasteiger partial charge in [-0.05, 0) is 61.9 Å². The number of carbonyl (C=O) groups is 1. The molecule has 1 N–H and O–H groups in total. The van der Waals surface area contributed by atoms with Gasteiger partial charge in [0.05, 0.1) is 5.56 Å². The predicted molar refractivity (Wildman–Crippen MR) is 104 cm³/mol. The number of likely N-dealkylation sites (tertiary alicyclic amines) is 1. The number of nitrogens with one attached hydrogen (secondary N) is 1. The van der Waals surface area contributed by atoms with Crippen LogP contribution in [-0.4, -0.2) is 41.0 Å². The topological polar surface area (TPSA) is 45.2 Å². The monoisotopic (exact) mass is 367 g/mol. The fraction of sp³-hybridized carbons (Fsp3) is 0.455. The second-order valence-corrected chi connectivity index (χ2v) is 7.71. The molecule has 4 rings (SSSR count). The van der Waals surface area contributed by atoms with Crippen LogP contribution < -0.4 is 5.32 Å². The highest BCUT2D eigenvalue weighted by Gasteiger charge is 2.37. The maximum absolute atomic E-state index is 14.8. The minimum atomic E-state index is -0.460. The Labute approximate surface area is 159 Å². The van der Waals surface area contributed by atoms with Crippen molar-refractivity contribution in [1.82, 2.24) is 15.2 Å². The zero-order valence-corrected chi connectivity index (χ0v) is 15.7. The number of hydrogen-bond acceptors (Lipinski definition) is 3. The van der Waals surface area contributed by atoms with Gasteiger partial charge < -0.3 is 10.2 Å². The van der Waals surface area contributed by atoms with Crippen molar-refractivity contribution in [2.45, 2.75) is 44.7 Å². The summed E-state index contributed by atoms with van der Waals surface area (Å²) >= 11 is 0. The van der Waals surface area contributed by atoms with Gasteiger partial charge in [0, 0.05) is 36.6 Å². The van der Waals surface area contributed by atoms with Crippen LogP contribution in [0.4, 0.5) is 4.39 Å². The molecule has 3 heterocycles. The SMILES string of the molecule is CC(C1CCCN1C(=O)c1ccc(-c2cccnc2)cc1F)[C@@H]1CCCN1. The molecule has 2 aromatic rings. The highest BCUT2D eigenvalue weighted by molar-refractivity contribution is 5.95. The molecule has 142 valence electrons. The molecule has 2 saturated heterocycles. The summed E-state index contributed by atoms with van der Waals surface area (Å²) in [5, 5.41) is 3.55. The van der Waals surface area contributed by atoms with E-state index in [9.17, 15) is 9.18 Å². The summed E-state index contributed by atoms with van der Waals surface area (Å²) in [5.74, 6) is -0.257. The summed E-state index contributed by atoms with van der Waals surface area (Å²) in [5.41, 5.74) is 1.75. The molecular formula is C22H26FN3O. The predicted octanol–water partition coefficient (Wildman–Crippen LogP) is 3.88.